The van der Waals surface area contributed by atoms with Crippen LogP contribution in [0.2, 0.25) is 0 Å². The first-order valence-corrected chi connectivity index (χ1v) is 5.15. The molecular formula is C8H14N2OS. The second-order valence-corrected chi connectivity index (χ2v) is 4.24. The van der Waals surface area contributed by atoms with E-state index in [9.17, 15) is 4.79 Å². The average molecular weight is 186 g/mol. The average Bonchev–Trinajstić information content (AvgIpc) is 2.47. The normalized spacial score (nSPS) is 13.2. The molecule has 1 rings (SSSR count). The van der Waals surface area contributed by atoms with Crippen LogP contribution in [0.1, 0.15) is 26.0 Å². The van der Waals surface area contributed by atoms with Crippen molar-refractivity contribution in [3.8, 4) is 0 Å². The lowest BCUT2D eigenvalue weighted by Crippen LogP contribution is -1.94. The molecule has 12 heavy (non-hydrogen) atoms. The van der Waals surface area contributed by atoms with Crippen LogP contribution in [0.25, 0.3) is 0 Å². The van der Waals surface area contributed by atoms with Gasteiger partial charge in [-0.1, -0.05) is 13.8 Å². The van der Waals surface area contributed by atoms with Crippen LogP contribution in [0.4, 0.5) is 0 Å². The van der Waals surface area contributed by atoms with Gasteiger partial charge in [0.05, 0.1) is 0 Å². The van der Waals surface area contributed by atoms with Crippen molar-refractivity contribution in [2.24, 2.45) is 0 Å². The smallest absolute Gasteiger partial charge is 0.264 e. The molecule has 1 atom stereocenters. The summed E-state index contributed by atoms with van der Waals surface area (Å²) in [5.41, 5.74) is 0.931. The predicted octanol–water partition coefficient (Wildman–Crippen LogP) is 1.73. The maximum Gasteiger partial charge on any atom is 0.264 e. The van der Waals surface area contributed by atoms with Gasteiger partial charge in [-0.15, -0.1) is 0 Å². The highest BCUT2D eigenvalue weighted by Crippen LogP contribution is 2.17. The molecule has 1 heterocycles. The Morgan fingerprint density at radius 1 is 1.58 bits per heavy atom. The lowest BCUT2D eigenvalue weighted by molar-refractivity contribution is 0.903. The van der Waals surface area contributed by atoms with Crippen LogP contribution in [0, 0.1) is 0 Å². The molecule has 0 fully saturated rings. The summed E-state index contributed by atoms with van der Waals surface area (Å²) in [6.45, 7) is 4.35. The third kappa shape index (κ3) is 2.77. The minimum absolute atomic E-state index is 0.0465. The van der Waals surface area contributed by atoms with Crippen LogP contribution in [0.5, 0.6) is 0 Å². The first-order valence-electron chi connectivity index (χ1n) is 4.10. The second-order valence-electron chi connectivity index (χ2n) is 2.81. The van der Waals surface area contributed by atoms with Gasteiger partial charge in [-0.3, -0.25) is 9.89 Å². The lowest BCUT2D eigenvalue weighted by Gasteiger charge is -2.05. The Balaban J connectivity index is 2.38. The Kier molecular flexibility index (Phi) is 3.47. The molecule has 0 aliphatic rings. The molecule has 0 radical (unpaired) electrons. The van der Waals surface area contributed by atoms with Gasteiger partial charge in [0.2, 0.25) is 0 Å². The van der Waals surface area contributed by atoms with Crippen LogP contribution < -0.4 is 5.56 Å². The fraction of sp³-hybridized carbons (Fsp3) is 0.625. The number of rotatable bonds is 4. The van der Waals surface area contributed by atoms with Gasteiger partial charge in [-0.05, 0) is 6.42 Å². The number of hydrogen-bond donors (Lipinski definition) is 2. The Morgan fingerprint density at radius 2 is 2.33 bits per heavy atom. The van der Waals surface area contributed by atoms with Crippen molar-refractivity contribution in [1.29, 1.82) is 0 Å². The number of hydrogen-bond acceptors (Lipinski definition) is 2. The summed E-state index contributed by atoms with van der Waals surface area (Å²) in [6, 6.07) is 1.61. The molecule has 0 amide bonds. The molecule has 4 heteroatoms. The summed E-state index contributed by atoms with van der Waals surface area (Å²) in [6.07, 6.45) is 1.17. The summed E-state index contributed by atoms with van der Waals surface area (Å²) in [4.78, 5) is 10.7. The number of nitrogens with one attached hydrogen (secondary N) is 2. The quantitative estimate of drug-likeness (QED) is 0.752. The lowest BCUT2D eigenvalue weighted by atomic mass is 10.4. The van der Waals surface area contributed by atoms with E-state index in [1.54, 1.807) is 6.07 Å². The van der Waals surface area contributed by atoms with Gasteiger partial charge in [0, 0.05) is 22.8 Å². The van der Waals surface area contributed by atoms with E-state index < -0.39 is 0 Å². The largest absolute Gasteiger partial charge is 0.301 e. The van der Waals surface area contributed by atoms with E-state index >= 15 is 0 Å². The third-order valence-electron chi connectivity index (χ3n) is 1.75. The molecule has 3 nitrogen and oxygen atoms in total. The molecule has 0 saturated carbocycles. The fourth-order valence-corrected chi connectivity index (χ4v) is 1.66. The summed E-state index contributed by atoms with van der Waals surface area (Å²) >= 11 is 1.85. The van der Waals surface area contributed by atoms with Crippen LogP contribution in [0.3, 0.4) is 0 Å². The van der Waals surface area contributed by atoms with Crippen molar-refractivity contribution >= 4 is 11.8 Å². The number of H-pyrrole nitrogens is 2. The zero-order valence-corrected chi connectivity index (χ0v) is 8.20. The van der Waals surface area contributed by atoms with E-state index in [2.05, 4.69) is 24.0 Å². The van der Waals surface area contributed by atoms with Gasteiger partial charge < -0.3 is 5.10 Å². The highest BCUT2D eigenvalue weighted by atomic mass is 32.2. The first-order chi connectivity index (χ1) is 5.72. The van der Waals surface area contributed by atoms with Crippen molar-refractivity contribution in [2.75, 3.05) is 0 Å². The molecule has 0 bridgehead atoms. The van der Waals surface area contributed by atoms with Crippen LogP contribution in [0.15, 0.2) is 10.9 Å². The molecule has 1 aromatic heterocycles. The maximum atomic E-state index is 10.7. The predicted molar refractivity (Wildman–Crippen MR) is 52.5 cm³/mol. The molecule has 0 aliphatic heterocycles. The third-order valence-corrected chi connectivity index (χ3v) is 3.13. The van der Waals surface area contributed by atoms with E-state index in [0.29, 0.717) is 5.25 Å². The monoisotopic (exact) mass is 186 g/mol. The van der Waals surface area contributed by atoms with Crippen molar-refractivity contribution in [2.45, 2.75) is 31.3 Å². The van der Waals surface area contributed by atoms with E-state index in [1.807, 2.05) is 11.8 Å². The molecule has 2 N–H and O–H groups in total. The molecule has 0 spiro atoms. The summed E-state index contributed by atoms with van der Waals surface area (Å²) in [7, 11) is 0. The summed E-state index contributed by atoms with van der Waals surface area (Å²) in [5, 5.41) is 6.00. The van der Waals surface area contributed by atoms with Crippen molar-refractivity contribution in [3.05, 3.63) is 22.1 Å². The van der Waals surface area contributed by atoms with E-state index in [4.69, 9.17) is 0 Å². The maximum absolute atomic E-state index is 10.7. The van der Waals surface area contributed by atoms with Crippen LogP contribution in [-0.4, -0.2) is 15.4 Å². The van der Waals surface area contributed by atoms with Crippen LogP contribution in [-0.2, 0) is 5.75 Å². The first kappa shape index (κ1) is 9.45. The molecule has 68 valence electrons. The van der Waals surface area contributed by atoms with Gasteiger partial charge in [0.1, 0.15) is 0 Å². The van der Waals surface area contributed by atoms with Gasteiger partial charge in [0.15, 0.2) is 0 Å². The van der Waals surface area contributed by atoms with Gasteiger partial charge >= 0.3 is 0 Å². The molecule has 1 aromatic rings. The molecular weight excluding hydrogens is 172 g/mol. The van der Waals surface area contributed by atoms with E-state index in [0.717, 1.165) is 11.4 Å². The number of thioether (sulfide) groups is 1. The SMILES string of the molecule is CCC(C)SCc1cc(=O)[nH][nH]1. The van der Waals surface area contributed by atoms with E-state index in [-0.39, 0.29) is 5.56 Å². The molecule has 0 saturated heterocycles. The van der Waals surface area contributed by atoms with Gasteiger partial charge in [-0.25, -0.2) is 0 Å². The number of aromatic amines is 2. The number of aromatic nitrogens is 2. The van der Waals surface area contributed by atoms with Gasteiger partial charge in [0.25, 0.3) is 5.56 Å². The molecule has 0 aliphatic carbocycles. The van der Waals surface area contributed by atoms with Crippen molar-refractivity contribution in [3.63, 3.8) is 0 Å². The topological polar surface area (TPSA) is 48.6 Å². The minimum atomic E-state index is -0.0465. The minimum Gasteiger partial charge on any atom is -0.301 e. The molecule has 0 aromatic carbocycles. The standard InChI is InChI=1S/C8H14N2OS/c1-3-6(2)12-5-7-4-8(11)10-9-7/h4,6H,3,5H2,1-2H3,(H2,9,10,11). The van der Waals surface area contributed by atoms with E-state index in [1.165, 1.54) is 6.42 Å². The fourth-order valence-electron chi connectivity index (χ4n) is 0.800. The van der Waals surface area contributed by atoms with Crippen molar-refractivity contribution < 1.29 is 0 Å². The summed E-state index contributed by atoms with van der Waals surface area (Å²) in [5.74, 6) is 0.883. The Bertz CT molecular complexity index is 279. The Labute approximate surface area is 75.9 Å². The zero-order valence-electron chi connectivity index (χ0n) is 7.39. The summed E-state index contributed by atoms with van der Waals surface area (Å²) < 4.78 is 0. The second kappa shape index (κ2) is 4.40. The van der Waals surface area contributed by atoms with Crippen molar-refractivity contribution in [1.82, 2.24) is 10.2 Å². The zero-order chi connectivity index (χ0) is 8.97. The molecule has 1 unspecified atom stereocenters. The highest BCUT2D eigenvalue weighted by molar-refractivity contribution is 7.99. The highest BCUT2D eigenvalue weighted by Gasteiger charge is 2.01. The van der Waals surface area contributed by atoms with Gasteiger partial charge in [-0.2, -0.15) is 11.8 Å². The Hall–Kier alpha value is -0.640. The Morgan fingerprint density at radius 3 is 2.83 bits per heavy atom. The van der Waals surface area contributed by atoms with Crippen LogP contribution >= 0.6 is 11.8 Å².